The lowest BCUT2D eigenvalue weighted by Gasteiger charge is -2.22. The number of carbonyl (C=O) groups is 2. The number of carbonyl (C=O) groups excluding carboxylic acids is 2. The quantitative estimate of drug-likeness (QED) is 0.567. The van der Waals surface area contributed by atoms with E-state index in [1.807, 2.05) is 0 Å². The number of rotatable bonds is 7. The predicted molar refractivity (Wildman–Crippen MR) is 94.8 cm³/mol. The molecule has 9 heteroatoms. The van der Waals surface area contributed by atoms with Crippen LogP contribution in [-0.2, 0) is 11.3 Å². The molecule has 1 heterocycles. The van der Waals surface area contributed by atoms with Crippen molar-refractivity contribution in [1.29, 1.82) is 0 Å². The van der Waals surface area contributed by atoms with Gasteiger partial charge in [0.25, 0.3) is 11.6 Å². The SMILES string of the molecule is CC(C)[C@H](NC(=O)c1ccc([N+](=O)[O-])cc1Cl)C(=O)NCc1ccoc1. The maximum atomic E-state index is 12.4. The lowest BCUT2D eigenvalue weighted by Crippen LogP contribution is -2.49. The van der Waals surface area contributed by atoms with Crippen LogP contribution in [0.15, 0.2) is 41.2 Å². The van der Waals surface area contributed by atoms with Crippen LogP contribution in [0.1, 0.15) is 29.8 Å². The zero-order valence-electron chi connectivity index (χ0n) is 14.2. The fourth-order valence-corrected chi connectivity index (χ4v) is 2.51. The van der Waals surface area contributed by atoms with Gasteiger partial charge in [0.05, 0.1) is 28.0 Å². The number of nitro benzene ring substituents is 1. The zero-order valence-corrected chi connectivity index (χ0v) is 14.9. The molecule has 0 saturated carbocycles. The van der Waals surface area contributed by atoms with E-state index < -0.39 is 16.9 Å². The van der Waals surface area contributed by atoms with Crippen LogP contribution in [0.25, 0.3) is 0 Å². The molecular formula is C17H18ClN3O5. The Kier molecular flexibility index (Phi) is 6.35. The number of non-ortho nitro benzene ring substituents is 1. The molecule has 2 N–H and O–H groups in total. The van der Waals surface area contributed by atoms with Gasteiger partial charge in [0.2, 0.25) is 5.91 Å². The maximum absolute atomic E-state index is 12.4. The Morgan fingerprint density at radius 1 is 1.31 bits per heavy atom. The second-order valence-corrected chi connectivity index (χ2v) is 6.37. The summed E-state index contributed by atoms with van der Waals surface area (Å²) in [6.07, 6.45) is 3.01. The first-order valence-electron chi connectivity index (χ1n) is 7.83. The number of nitro groups is 1. The van der Waals surface area contributed by atoms with E-state index in [0.717, 1.165) is 11.6 Å². The van der Waals surface area contributed by atoms with Crippen LogP contribution in [0, 0.1) is 16.0 Å². The Balaban J connectivity index is 2.07. The smallest absolute Gasteiger partial charge is 0.270 e. The molecule has 0 fully saturated rings. The molecule has 2 amide bonds. The van der Waals surface area contributed by atoms with Gasteiger partial charge in [0.15, 0.2) is 0 Å². The molecule has 0 aliphatic heterocycles. The minimum Gasteiger partial charge on any atom is -0.472 e. The van der Waals surface area contributed by atoms with Crippen LogP contribution in [0.2, 0.25) is 5.02 Å². The van der Waals surface area contributed by atoms with E-state index in [4.69, 9.17) is 16.0 Å². The second kappa shape index (κ2) is 8.48. The first-order valence-corrected chi connectivity index (χ1v) is 8.21. The molecule has 8 nitrogen and oxygen atoms in total. The molecule has 0 bridgehead atoms. The summed E-state index contributed by atoms with van der Waals surface area (Å²) in [4.78, 5) is 35.0. The average Bonchev–Trinajstić information content (AvgIpc) is 3.10. The zero-order chi connectivity index (χ0) is 19.3. The fraction of sp³-hybridized carbons (Fsp3) is 0.294. The van der Waals surface area contributed by atoms with E-state index >= 15 is 0 Å². The summed E-state index contributed by atoms with van der Waals surface area (Å²) < 4.78 is 4.93. The van der Waals surface area contributed by atoms with Crippen LogP contribution in [0.3, 0.4) is 0 Å². The summed E-state index contributed by atoms with van der Waals surface area (Å²) in [5, 5.41) is 16.0. The van der Waals surface area contributed by atoms with Crippen LogP contribution >= 0.6 is 11.6 Å². The van der Waals surface area contributed by atoms with Crippen LogP contribution in [0.5, 0.6) is 0 Å². The minimum atomic E-state index is -0.791. The van der Waals surface area contributed by atoms with E-state index in [0.29, 0.717) is 0 Å². The second-order valence-electron chi connectivity index (χ2n) is 5.97. The highest BCUT2D eigenvalue weighted by Gasteiger charge is 2.26. The topological polar surface area (TPSA) is 114 Å². The first-order chi connectivity index (χ1) is 12.3. The lowest BCUT2D eigenvalue weighted by molar-refractivity contribution is -0.384. The molecule has 26 heavy (non-hydrogen) atoms. The van der Waals surface area contributed by atoms with Crippen LogP contribution < -0.4 is 10.6 Å². The number of hydrogen-bond donors (Lipinski definition) is 2. The van der Waals surface area contributed by atoms with Crippen molar-refractivity contribution < 1.29 is 18.9 Å². The monoisotopic (exact) mass is 379 g/mol. The summed E-state index contributed by atoms with van der Waals surface area (Å²) in [6.45, 7) is 3.85. The molecule has 1 aromatic heterocycles. The molecule has 0 radical (unpaired) electrons. The van der Waals surface area contributed by atoms with E-state index in [1.54, 1.807) is 19.9 Å². The summed E-state index contributed by atoms with van der Waals surface area (Å²) in [6, 6.07) is 4.47. The predicted octanol–water partition coefficient (Wildman–Crippen LogP) is 2.91. The molecule has 0 aliphatic carbocycles. The van der Waals surface area contributed by atoms with Crippen LogP contribution in [-0.4, -0.2) is 22.8 Å². The number of nitrogens with one attached hydrogen (secondary N) is 2. The van der Waals surface area contributed by atoms with Gasteiger partial charge in [-0.25, -0.2) is 0 Å². The van der Waals surface area contributed by atoms with Crippen molar-refractivity contribution in [1.82, 2.24) is 10.6 Å². The molecule has 2 rings (SSSR count). The van der Waals surface area contributed by atoms with Gasteiger partial charge in [-0.15, -0.1) is 0 Å². The van der Waals surface area contributed by atoms with Gasteiger partial charge in [-0.1, -0.05) is 25.4 Å². The minimum absolute atomic E-state index is 0.0574. The van der Waals surface area contributed by atoms with Crippen molar-refractivity contribution in [2.24, 2.45) is 5.92 Å². The normalized spacial score (nSPS) is 11.8. The number of benzene rings is 1. The van der Waals surface area contributed by atoms with Gasteiger partial charge >= 0.3 is 0 Å². The summed E-state index contributed by atoms with van der Waals surface area (Å²) >= 11 is 5.96. The van der Waals surface area contributed by atoms with Gasteiger partial charge in [-0.3, -0.25) is 19.7 Å². The molecule has 0 saturated heterocycles. The first kappa shape index (κ1) is 19.5. The van der Waals surface area contributed by atoms with Crippen molar-refractivity contribution in [2.75, 3.05) is 0 Å². The fourth-order valence-electron chi connectivity index (χ4n) is 2.25. The van der Waals surface area contributed by atoms with E-state index in [2.05, 4.69) is 10.6 Å². The lowest BCUT2D eigenvalue weighted by atomic mass is 10.0. The van der Waals surface area contributed by atoms with Gasteiger partial charge in [-0.05, 0) is 18.1 Å². The Morgan fingerprint density at radius 2 is 2.04 bits per heavy atom. The van der Waals surface area contributed by atoms with Gasteiger partial charge in [0.1, 0.15) is 6.04 Å². The van der Waals surface area contributed by atoms with Crippen LogP contribution in [0.4, 0.5) is 5.69 Å². The average molecular weight is 380 g/mol. The highest BCUT2D eigenvalue weighted by molar-refractivity contribution is 6.34. The van der Waals surface area contributed by atoms with Crippen molar-refractivity contribution >= 4 is 29.1 Å². The maximum Gasteiger partial charge on any atom is 0.270 e. The molecule has 0 unspecified atom stereocenters. The van der Waals surface area contributed by atoms with Crippen molar-refractivity contribution in [2.45, 2.75) is 26.4 Å². The highest BCUT2D eigenvalue weighted by Crippen LogP contribution is 2.22. The number of halogens is 1. The third kappa shape index (κ3) is 4.82. The largest absolute Gasteiger partial charge is 0.472 e. The Morgan fingerprint density at radius 3 is 2.58 bits per heavy atom. The van der Waals surface area contributed by atoms with Gasteiger partial charge in [-0.2, -0.15) is 0 Å². The third-order valence-electron chi connectivity index (χ3n) is 3.69. The molecule has 2 aromatic rings. The number of nitrogens with zero attached hydrogens (tertiary/aromatic N) is 1. The molecule has 1 aromatic carbocycles. The standard InChI is InChI=1S/C17H18ClN3O5/c1-10(2)15(17(23)19-8-11-5-6-26-9-11)20-16(22)13-4-3-12(21(24)25)7-14(13)18/h3-7,9-10,15H,8H2,1-2H3,(H,19,23)(H,20,22)/t15-/m0/s1. The molecule has 0 aliphatic rings. The number of amides is 2. The summed E-state index contributed by atoms with van der Waals surface area (Å²) in [5.41, 5.74) is 0.640. The highest BCUT2D eigenvalue weighted by atomic mass is 35.5. The summed E-state index contributed by atoms with van der Waals surface area (Å²) in [5.74, 6) is -1.12. The molecule has 138 valence electrons. The number of hydrogen-bond acceptors (Lipinski definition) is 5. The van der Waals surface area contributed by atoms with Gasteiger partial charge in [0, 0.05) is 24.2 Å². The van der Waals surface area contributed by atoms with E-state index in [1.165, 1.54) is 24.7 Å². The Labute approximate surface area is 154 Å². The van der Waals surface area contributed by atoms with Crippen molar-refractivity contribution in [3.05, 3.63) is 63.1 Å². The summed E-state index contributed by atoms with van der Waals surface area (Å²) in [7, 11) is 0. The number of furan rings is 1. The van der Waals surface area contributed by atoms with Gasteiger partial charge < -0.3 is 15.1 Å². The molecule has 0 spiro atoms. The van der Waals surface area contributed by atoms with Crippen molar-refractivity contribution in [3.63, 3.8) is 0 Å². The van der Waals surface area contributed by atoms with E-state index in [-0.39, 0.29) is 34.6 Å². The Hall–Kier alpha value is -2.87. The third-order valence-corrected chi connectivity index (χ3v) is 4.00. The molecular weight excluding hydrogens is 362 g/mol. The Bertz CT molecular complexity index is 805. The van der Waals surface area contributed by atoms with E-state index in [9.17, 15) is 19.7 Å². The van der Waals surface area contributed by atoms with Crippen molar-refractivity contribution in [3.8, 4) is 0 Å². The molecule has 1 atom stereocenters.